The summed E-state index contributed by atoms with van der Waals surface area (Å²) in [4.78, 5) is 27.0. The van der Waals surface area contributed by atoms with Crippen molar-refractivity contribution in [1.29, 1.82) is 0 Å². The number of carbonyl (C=O) groups is 1. The fourth-order valence-corrected chi connectivity index (χ4v) is 2.81. The van der Waals surface area contributed by atoms with Gasteiger partial charge in [0, 0.05) is 30.4 Å². The highest BCUT2D eigenvalue weighted by atomic mass is 16.5. The third-order valence-electron chi connectivity index (χ3n) is 3.97. The van der Waals surface area contributed by atoms with Gasteiger partial charge < -0.3 is 4.74 Å². The molecule has 0 saturated carbocycles. The van der Waals surface area contributed by atoms with Crippen LogP contribution >= 0.6 is 0 Å². The Kier molecular flexibility index (Phi) is 3.15. The van der Waals surface area contributed by atoms with E-state index in [1.807, 2.05) is 18.2 Å². The van der Waals surface area contributed by atoms with E-state index in [0.29, 0.717) is 18.1 Å². The lowest BCUT2D eigenvalue weighted by atomic mass is 10.1. The van der Waals surface area contributed by atoms with E-state index in [2.05, 4.69) is 21.0 Å². The number of pyridine rings is 1. The van der Waals surface area contributed by atoms with Crippen LogP contribution in [0.15, 0.2) is 42.9 Å². The smallest absolute Gasteiger partial charge is 0.279 e. The average Bonchev–Trinajstić information content (AvgIpc) is 3.02. The van der Waals surface area contributed by atoms with Gasteiger partial charge in [-0.1, -0.05) is 0 Å². The maximum Gasteiger partial charge on any atom is 0.279 e. The minimum atomic E-state index is -0.174. The predicted molar refractivity (Wildman–Crippen MR) is 85.7 cm³/mol. The summed E-state index contributed by atoms with van der Waals surface area (Å²) in [6.45, 7) is 0.602. The van der Waals surface area contributed by atoms with Gasteiger partial charge in [0.15, 0.2) is 0 Å². The number of nitrogens with zero attached hydrogens (tertiary/aromatic N) is 4. The minimum absolute atomic E-state index is 0.174. The number of methoxy groups -OCH3 is 1. The second kappa shape index (κ2) is 5.31. The number of hydrogen-bond donors (Lipinski definition) is 0. The molecule has 6 nitrogen and oxygen atoms in total. The Bertz CT molecular complexity index is 896. The molecule has 0 atom stereocenters. The Labute approximate surface area is 132 Å². The van der Waals surface area contributed by atoms with E-state index in [0.717, 1.165) is 28.6 Å². The van der Waals surface area contributed by atoms with Crippen LogP contribution in [-0.2, 0) is 6.42 Å². The van der Waals surface area contributed by atoms with Crippen LogP contribution in [-0.4, -0.2) is 34.5 Å². The lowest BCUT2D eigenvalue weighted by molar-refractivity contribution is 0.0983. The first-order valence-corrected chi connectivity index (χ1v) is 7.32. The molecule has 0 N–H and O–H groups in total. The van der Waals surface area contributed by atoms with Gasteiger partial charge in [-0.2, -0.15) is 0 Å². The molecule has 1 aliphatic heterocycles. The summed E-state index contributed by atoms with van der Waals surface area (Å²) < 4.78 is 5.25. The molecule has 1 aromatic carbocycles. The van der Waals surface area contributed by atoms with E-state index in [1.165, 1.54) is 12.4 Å². The first kappa shape index (κ1) is 13.6. The van der Waals surface area contributed by atoms with E-state index in [9.17, 15) is 4.79 Å². The van der Waals surface area contributed by atoms with Crippen molar-refractivity contribution in [1.82, 2.24) is 15.0 Å². The normalized spacial score (nSPS) is 13.2. The molecule has 0 saturated heterocycles. The summed E-state index contributed by atoms with van der Waals surface area (Å²) in [5.41, 5.74) is 2.20. The zero-order valence-electron chi connectivity index (χ0n) is 12.6. The number of fused-ring (bicyclic) bond motifs is 2. The fourth-order valence-electron chi connectivity index (χ4n) is 2.81. The van der Waals surface area contributed by atoms with Crippen molar-refractivity contribution in [3.8, 4) is 5.75 Å². The van der Waals surface area contributed by atoms with E-state index >= 15 is 0 Å². The van der Waals surface area contributed by atoms with E-state index in [1.54, 1.807) is 18.2 Å². The van der Waals surface area contributed by atoms with Crippen molar-refractivity contribution < 1.29 is 9.53 Å². The van der Waals surface area contributed by atoms with Crippen LogP contribution < -0.4 is 9.64 Å². The van der Waals surface area contributed by atoms with Crippen molar-refractivity contribution in [3.05, 3.63) is 54.1 Å². The molecule has 0 fully saturated rings. The molecule has 3 aromatic rings. The number of anilines is 1. The highest BCUT2D eigenvalue weighted by Gasteiger charge is 2.28. The van der Waals surface area contributed by atoms with Gasteiger partial charge in [0.2, 0.25) is 0 Å². The van der Waals surface area contributed by atoms with Crippen LogP contribution in [0.25, 0.3) is 10.9 Å². The Hall–Kier alpha value is -3.02. The SMILES string of the molecule is COc1ccc2cc3c(nc2c1)N(C(=O)c1cnccn1)CC3. The molecule has 0 spiro atoms. The molecule has 4 rings (SSSR count). The average molecular weight is 306 g/mol. The zero-order valence-corrected chi connectivity index (χ0v) is 12.6. The molecule has 1 aliphatic rings. The molecule has 1 amide bonds. The summed E-state index contributed by atoms with van der Waals surface area (Å²) in [7, 11) is 1.62. The van der Waals surface area contributed by atoms with Crippen molar-refractivity contribution in [2.24, 2.45) is 0 Å². The largest absolute Gasteiger partial charge is 0.497 e. The molecule has 6 heteroatoms. The van der Waals surface area contributed by atoms with Crippen LogP contribution in [0, 0.1) is 0 Å². The Morgan fingerprint density at radius 3 is 2.96 bits per heavy atom. The Balaban J connectivity index is 1.78. The predicted octanol–water partition coefficient (Wildman–Crippen LogP) is 2.24. The van der Waals surface area contributed by atoms with Crippen molar-refractivity contribution in [3.63, 3.8) is 0 Å². The Morgan fingerprint density at radius 2 is 2.17 bits per heavy atom. The van der Waals surface area contributed by atoms with E-state index < -0.39 is 0 Å². The summed E-state index contributed by atoms with van der Waals surface area (Å²) in [6.07, 6.45) is 5.33. The quantitative estimate of drug-likeness (QED) is 0.726. The lowest BCUT2D eigenvalue weighted by Crippen LogP contribution is -2.30. The second-order valence-electron chi connectivity index (χ2n) is 5.33. The van der Waals surface area contributed by atoms with Crippen LogP contribution in [0.3, 0.4) is 0 Å². The maximum absolute atomic E-state index is 12.6. The van der Waals surface area contributed by atoms with Gasteiger partial charge in [-0.05, 0) is 30.2 Å². The van der Waals surface area contributed by atoms with E-state index in [-0.39, 0.29) is 5.91 Å². The molecule has 23 heavy (non-hydrogen) atoms. The highest BCUT2D eigenvalue weighted by Crippen LogP contribution is 2.31. The molecule has 114 valence electrons. The third kappa shape index (κ3) is 2.28. The number of ether oxygens (including phenoxy) is 1. The standard InChI is InChI=1S/C17H14N4O2/c1-23-13-3-2-11-8-12-4-7-21(16(12)20-14(11)9-13)17(22)15-10-18-5-6-19-15/h2-3,5-6,8-10H,4,7H2,1H3. The van der Waals surface area contributed by atoms with Gasteiger partial charge in [0.05, 0.1) is 18.8 Å². The lowest BCUT2D eigenvalue weighted by Gasteiger charge is -2.16. The highest BCUT2D eigenvalue weighted by molar-refractivity contribution is 6.05. The number of amides is 1. The number of aromatic nitrogens is 3. The number of rotatable bonds is 2. The molecule has 2 aromatic heterocycles. The van der Waals surface area contributed by atoms with Crippen LogP contribution in [0.2, 0.25) is 0 Å². The summed E-state index contributed by atoms with van der Waals surface area (Å²) in [5, 5.41) is 1.04. The van der Waals surface area contributed by atoms with Gasteiger partial charge in [-0.3, -0.25) is 14.7 Å². The minimum Gasteiger partial charge on any atom is -0.497 e. The van der Waals surface area contributed by atoms with Crippen LogP contribution in [0.5, 0.6) is 5.75 Å². The van der Waals surface area contributed by atoms with Gasteiger partial charge in [0.1, 0.15) is 17.3 Å². The summed E-state index contributed by atoms with van der Waals surface area (Å²) in [6, 6.07) is 7.85. The monoisotopic (exact) mass is 306 g/mol. The summed E-state index contributed by atoms with van der Waals surface area (Å²) in [5.74, 6) is 1.27. The van der Waals surface area contributed by atoms with Gasteiger partial charge in [-0.15, -0.1) is 0 Å². The van der Waals surface area contributed by atoms with Crippen LogP contribution in [0.1, 0.15) is 16.1 Å². The summed E-state index contributed by atoms with van der Waals surface area (Å²) >= 11 is 0. The first-order valence-electron chi connectivity index (χ1n) is 7.32. The molecular weight excluding hydrogens is 292 g/mol. The number of benzene rings is 1. The molecule has 0 radical (unpaired) electrons. The molecule has 3 heterocycles. The maximum atomic E-state index is 12.6. The molecule has 0 aliphatic carbocycles. The second-order valence-corrected chi connectivity index (χ2v) is 5.33. The number of carbonyl (C=O) groups excluding carboxylic acids is 1. The van der Waals surface area contributed by atoms with Crippen molar-refractivity contribution in [2.45, 2.75) is 6.42 Å². The molecule has 0 bridgehead atoms. The van der Waals surface area contributed by atoms with Crippen molar-refractivity contribution >= 4 is 22.6 Å². The third-order valence-corrected chi connectivity index (χ3v) is 3.97. The number of hydrogen-bond acceptors (Lipinski definition) is 5. The molecule has 0 unspecified atom stereocenters. The first-order chi connectivity index (χ1) is 11.3. The van der Waals surface area contributed by atoms with E-state index in [4.69, 9.17) is 4.74 Å². The topological polar surface area (TPSA) is 68.2 Å². The zero-order chi connectivity index (χ0) is 15.8. The Morgan fingerprint density at radius 1 is 1.26 bits per heavy atom. The van der Waals surface area contributed by atoms with Crippen molar-refractivity contribution in [2.75, 3.05) is 18.6 Å². The van der Waals surface area contributed by atoms with Gasteiger partial charge >= 0.3 is 0 Å². The van der Waals surface area contributed by atoms with Gasteiger partial charge in [-0.25, -0.2) is 9.97 Å². The van der Waals surface area contributed by atoms with Gasteiger partial charge in [0.25, 0.3) is 5.91 Å². The fraction of sp³-hybridized carbons (Fsp3) is 0.176. The van der Waals surface area contributed by atoms with Crippen LogP contribution in [0.4, 0.5) is 5.82 Å². The molecular formula is C17H14N4O2.